The van der Waals surface area contributed by atoms with Crippen LogP contribution in [-0.2, 0) is 13.0 Å². The minimum Gasteiger partial charge on any atom is -0.497 e. The molecule has 2 aromatic heterocycles. The molecule has 0 N–H and O–H groups in total. The normalized spacial score (nSPS) is 14.0. The van der Waals surface area contributed by atoms with E-state index in [9.17, 15) is 0 Å². The van der Waals surface area contributed by atoms with Crippen molar-refractivity contribution in [1.82, 2.24) is 19.8 Å². The van der Waals surface area contributed by atoms with Crippen molar-refractivity contribution < 1.29 is 4.74 Å². The van der Waals surface area contributed by atoms with Gasteiger partial charge in [0.1, 0.15) is 5.75 Å². The van der Waals surface area contributed by atoms with Gasteiger partial charge in [0.2, 0.25) is 0 Å². The van der Waals surface area contributed by atoms with Crippen LogP contribution in [0.4, 0.5) is 5.82 Å². The third-order valence-corrected chi connectivity index (χ3v) is 5.13. The maximum Gasteiger partial charge on any atom is 0.185 e. The second kappa shape index (κ2) is 5.69. The Bertz CT molecular complexity index is 1130. The number of aryl methyl sites for hydroxylation is 1. The molecule has 1 aliphatic rings. The molecule has 130 valence electrons. The van der Waals surface area contributed by atoms with Crippen molar-refractivity contribution in [1.29, 1.82) is 0 Å². The first kappa shape index (κ1) is 15.1. The molecule has 3 heterocycles. The third-order valence-electron chi connectivity index (χ3n) is 5.13. The van der Waals surface area contributed by atoms with Gasteiger partial charge in [-0.3, -0.25) is 0 Å². The standard InChI is InChI=1S/C20H19N5O/c1-13-21-22-19-17-5-3-4-6-18(17)20(23-25(13)19)24-10-9-14-11-16(26-2)8-7-15(14)12-24/h3-8,11H,9-10,12H2,1-2H3. The van der Waals surface area contributed by atoms with Gasteiger partial charge in [0.05, 0.1) is 7.11 Å². The van der Waals surface area contributed by atoms with Gasteiger partial charge in [0, 0.05) is 23.9 Å². The van der Waals surface area contributed by atoms with Crippen molar-refractivity contribution in [2.24, 2.45) is 0 Å². The van der Waals surface area contributed by atoms with Gasteiger partial charge in [-0.2, -0.15) is 4.52 Å². The molecular formula is C20H19N5O. The highest BCUT2D eigenvalue weighted by molar-refractivity contribution is 6.00. The van der Waals surface area contributed by atoms with Crippen LogP contribution in [0.25, 0.3) is 16.4 Å². The van der Waals surface area contributed by atoms with E-state index in [2.05, 4.69) is 45.4 Å². The van der Waals surface area contributed by atoms with Crippen LogP contribution in [0.15, 0.2) is 42.5 Å². The molecule has 0 radical (unpaired) electrons. The Hall–Kier alpha value is -3.15. The van der Waals surface area contributed by atoms with Crippen molar-refractivity contribution >= 4 is 22.2 Å². The highest BCUT2D eigenvalue weighted by Crippen LogP contribution is 2.31. The second-order valence-electron chi connectivity index (χ2n) is 6.66. The molecule has 1 aliphatic heterocycles. The third kappa shape index (κ3) is 2.22. The Morgan fingerprint density at radius 3 is 2.69 bits per heavy atom. The van der Waals surface area contributed by atoms with E-state index in [1.165, 1.54) is 11.1 Å². The van der Waals surface area contributed by atoms with E-state index < -0.39 is 0 Å². The number of hydrogen-bond donors (Lipinski definition) is 0. The molecule has 0 fully saturated rings. The number of rotatable bonds is 2. The molecule has 0 bridgehead atoms. The van der Waals surface area contributed by atoms with Crippen molar-refractivity contribution in [3.63, 3.8) is 0 Å². The zero-order valence-corrected chi connectivity index (χ0v) is 14.8. The van der Waals surface area contributed by atoms with E-state index in [1.54, 1.807) is 7.11 Å². The topological polar surface area (TPSA) is 55.5 Å². The van der Waals surface area contributed by atoms with E-state index in [0.29, 0.717) is 0 Å². The molecule has 4 aromatic rings. The number of ether oxygens (including phenoxy) is 1. The van der Waals surface area contributed by atoms with Gasteiger partial charge in [-0.05, 0) is 36.6 Å². The summed E-state index contributed by atoms with van der Waals surface area (Å²) < 4.78 is 7.21. The molecule has 26 heavy (non-hydrogen) atoms. The van der Waals surface area contributed by atoms with Crippen LogP contribution >= 0.6 is 0 Å². The summed E-state index contributed by atoms with van der Waals surface area (Å²) in [6.07, 6.45) is 0.974. The summed E-state index contributed by atoms with van der Waals surface area (Å²) >= 11 is 0. The first-order chi connectivity index (χ1) is 12.7. The number of hydrogen-bond acceptors (Lipinski definition) is 5. The summed E-state index contributed by atoms with van der Waals surface area (Å²) in [4.78, 5) is 2.34. The van der Waals surface area contributed by atoms with E-state index >= 15 is 0 Å². The summed E-state index contributed by atoms with van der Waals surface area (Å²) in [5.74, 6) is 2.70. The number of fused-ring (bicyclic) bond motifs is 4. The number of nitrogens with zero attached hydrogens (tertiary/aromatic N) is 5. The molecule has 6 heteroatoms. The van der Waals surface area contributed by atoms with E-state index in [1.807, 2.05) is 23.6 Å². The van der Waals surface area contributed by atoms with Gasteiger partial charge in [-0.25, -0.2) is 0 Å². The summed E-state index contributed by atoms with van der Waals surface area (Å²) in [6, 6.07) is 14.6. The molecule has 6 nitrogen and oxygen atoms in total. The maximum atomic E-state index is 5.36. The van der Waals surface area contributed by atoms with Crippen molar-refractivity contribution in [3.05, 3.63) is 59.4 Å². The predicted molar refractivity (Wildman–Crippen MR) is 101 cm³/mol. The fourth-order valence-corrected chi connectivity index (χ4v) is 3.74. The van der Waals surface area contributed by atoms with Gasteiger partial charge >= 0.3 is 0 Å². The highest BCUT2D eigenvalue weighted by Gasteiger charge is 2.22. The van der Waals surface area contributed by atoms with Crippen LogP contribution < -0.4 is 9.64 Å². The minimum atomic E-state index is 0.800. The van der Waals surface area contributed by atoms with Gasteiger partial charge in [-0.15, -0.1) is 15.3 Å². The molecule has 0 unspecified atom stereocenters. The van der Waals surface area contributed by atoms with Crippen molar-refractivity contribution in [3.8, 4) is 5.75 Å². The zero-order valence-electron chi connectivity index (χ0n) is 14.8. The van der Waals surface area contributed by atoms with Crippen LogP contribution in [0.3, 0.4) is 0 Å². The summed E-state index contributed by atoms with van der Waals surface area (Å²) in [6.45, 7) is 3.69. The smallest absolute Gasteiger partial charge is 0.185 e. The van der Waals surface area contributed by atoms with Gasteiger partial charge < -0.3 is 9.64 Å². The summed E-state index contributed by atoms with van der Waals surface area (Å²) in [5.41, 5.74) is 3.49. The van der Waals surface area contributed by atoms with Crippen LogP contribution in [0, 0.1) is 6.92 Å². The van der Waals surface area contributed by atoms with Crippen LogP contribution in [0.2, 0.25) is 0 Å². The molecule has 0 saturated carbocycles. The number of benzene rings is 2. The van der Waals surface area contributed by atoms with Crippen LogP contribution in [-0.4, -0.2) is 33.5 Å². The Morgan fingerprint density at radius 2 is 1.85 bits per heavy atom. The lowest BCUT2D eigenvalue weighted by Gasteiger charge is -2.30. The average molecular weight is 345 g/mol. The van der Waals surface area contributed by atoms with E-state index in [-0.39, 0.29) is 0 Å². The molecule has 0 amide bonds. The molecule has 0 saturated heterocycles. The zero-order chi connectivity index (χ0) is 17.7. The molecular weight excluding hydrogens is 326 g/mol. The lowest BCUT2D eigenvalue weighted by atomic mass is 9.99. The van der Waals surface area contributed by atoms with Crippen LogP contribution in [0.5, 0.6) is 5.75 Å². The molecule has 0 atom stereocenters. The summed E-state index contributed by atoms with van der Waals surface area (Å²) in [7, 11) is 1.71. The predicted octanol–water partition coefficient (Wildman–Crippen LogP) is 3.16. The first-order valence-corrected chi connectivity index (χ1v) is 8.76. The van der Waals surface area contributed by atoms with Crippen LogP contribution in [0.1, 0.15) is 17.0 Å². The fourth-order valence-electron chi connectivity index (χ4n) is 3.74. The molecule has 2 aromatic carbocycles. The fraction of sp³-hybridized carbons (Fsp3) is 0.250. The monoisotopic (exact) mass is 345 g/mol. The SMILES string of the molecule is COc1ccc2c(c1)CCN(c1nn3c(C)nnc3c3ccccc13)C2. The Morgan fingerprint density at radius 1 is 1.00 bits per heavy atom. The second-order valence-corrected chi connectivity index (χ2v) is 6.66. The highest BCUT2D eigenvalue weighted by atomic mass is 16.5. The van der Waals surface area contributed by atoms with Crippen molar-refractivity contribution in [2.45, 2.75) is 19.9 Å². The summed E-state index contributed by atoms with van der Waals surface area (Å²) in [5, 5.41) is 15.6. The first-order valence-electron chi connectivity index (χ1n) is 8.76. The largest absolute Gasteiger partial charge is 0.497 e. The van der Waals surface area contributed by atoms with E-state index in [0.717, 1.165) is 53.3 Å². The number of methoxy groups -OCH3 is 1. The van der Waals surface area contributed by atoms with E-state index in [4.69, 9.17) is 9.84 Å². The molecule has 0 spiro atoms. The van der Waals surface area contributed by atoms with Crippen molar-refractivity contribution in [2.75, 3.05) is 18.6 Å². The Kier molecular flexibility index (Phi) is 3.31. The molecule has 5 rings (SSSR count). The Labute approximate surface area is 151 Å². The molecule has 0 aliphatic carbocycles. The quantitative estimate of drug-likeness (QED) is 0.559. The number of anilines is 1. The lowest BCUT2D eigenvalue weighted by molar-refractivity contribution is 0.413. The number of aromatic nitrogens is 4. The van der Waals surface area contributed by atoms with Gasteiger partial charge in [0.15, 0.2) is 17.3 Å². The average Bonchev–Trinajstić information content (AvgIpc) is 3.07. The lowest BCUT2D eigenvalue weighted by Crippen LogP contribution is -2.31. The van der Waals surface area contributed by atoms with Gasteiger partial charge in [-0.1, -0.05) is 30.3 Å². The Balaban J connectivity index is 1.65. The van der Waals surface area contributed by atoms with Gasteiger partial charge in [0.25, 0.3) is 0 Å². The maximum absolute atomic E-state index is 5.36. The minimum absolute atomic E-state index is 0.800.